The van der Waals surface area contributed by atoms with Gasteiger partial charge in [0.1, 0.15) is 4.87 Å². The predicted molar refractivity (Wildman–Crippen MR) is 75.2 cm³/mol. The molecule has 3 rings (SSSR count). The van der Waals surface area contributed by atoms with Gasteiger partial charge in [-0.1, -0.05) is 37.5 Å². The molecule has 1 aromatic rings. The van der Waals surface area contributed by atoms with Gasteiger partial charge in [0.05, 0.1) is 11.4 Å². The number of anilines is 1. The first-order chi connectivity index (χ1) is 8.80. The van der Waals surface area contributed by atoms with E-state index in [0.717, 1.165) is 18.5 Å². The van der Waals surface area contributed by atoms with Crippen molar-refractivity contribution < 1.29 is 4.79 Å². The van der Waals surface area contributed by atoms with Gasteiger partial charge in [-0.05, 0) is 25.0 Å². The lowest BCUT2D eigenvalue weighted by Gasteiger charge is -2.40. The molecule has 1 amide bonds. The number of hydrazine groups is 1. The summed E-state index contributed by atoms with van der Waals surface area (Å²) < 4.78 is 0. The molecular formula is C14H18N2OS. The molecule has 3 nitrogen and oxygen atoms in total. The van der Waals surface area contributed by atoms with Gasteiger partial charge in [0.25, 0.3) is 5.91 Å². The average molecular weight is 262 g/mol. The molecule has 1 saturated carbocycles. The number of rotatable bonds is 2. The highest BCUT2D eigenvalue weighted by molar-refractivity contribution is 8.01. The summed E-state index contributed by atoms with van der Waals surface area (Å²) in [5.41, 5.74) is 4.31. The molecule has 1 aliphatic carbocycles. The van der Waals surface area contributed by atoms with Gasteiger partial charge in [-0.2, -0.15) is 0 Å². The van der Waals surface area contributed by atoms with Crippen molar-refractivity contribution in [2.75, 3.05) is 11.2 Å². The highest BCUT2D eigenvalue weighted by Crippen LogP contribution is 2.46. The van der Waals surface area contributed by atoms with E-state index in [4.69, 9.17) is 0 Å². The van der Waals surface area contributed by atoms with E-state index in [0.29, 0.717) is 5.75 Å². The topological polar surface area (TPSA) is 32.3 Å². The molecule has 1 N–H and O–H groups in total. The van der Waals surface area contributed by atoms with Gasteiger partial charge < -0.3 is 0 Å². The van der Waals surface area contributed by atoms with E-state index in [-0.39, 0.29) is 10.8 Å². The van der Waals surface area contributed by atoms with Crippen LogP contribution in [0.2, 0.25) is 0 Å². The molecule has 1 aliphatic heterocycles. The van der Waals surface area contributed by atoms with Crippen molar-refractivity contribution in [1.82, 2.24) is 5.01 Å². The molecule has 2 aliphatic rings. The summed E-state index contributed by atoms with van der Waals surface area (Å²) in [6, 6.07) is 9.98. The first kappa shape index (κ1) is 11.9. The maximum Gasteiger partial charge on any atom is 0.252 e. The van der Waals surface area contributed by atoms with Gasteiger partial charge in [0.15, 0.2) is 0 Å². The standard InChI is InChI=1S/C14H18N2OS/c17-13-11-18-14(9-5-2-6-10-14)16(13)15-12-7-3-1-4-8-12/h1,3-4,7-8,15H,2,5-6,9-11H2. The SMILES string of the molecule is O=C1CSC2(CCCCC2)N1Nc1ccccc1. The van der Waals surface area contributed by atoms with Gasteiger partial charge >= 0.3 is 0 Å². The van der Waals surface area contributed by atoms with Gasteiger partial charge in [0.2, 0.25) is 0 Å². The Kier molecular flexibility index (Phi) is 3.20. The number of benzene rings is 1. The minimum atomic E-state index is 0.00513. The van der Waals surface area contributed by atoms with Crippen molar-refractivity contribution in [2.45, 2.75) is 37.0 Å². The molecule has 0 bridgehead atoms. The van der Waals surface area contributed by atoms with Gasteiger partial charge in [-0.25, -0.2) is 5.01 Å². The second-order valence-corrected chi connectivity index (χ2v) is 6.34. The summed E-state index contributed by atoms with van der Waals surface area (Å²) in [4.78, 5) is 12.1. The van der Waals surface area contributed by atoms with Gasteiger partial charge in [-0.15, -0.1) is 11.8 Å². The van der Waals surface area contributed by atoms with Crippen LogP contribution in [0, 0.1) is 0 Å². The molecule has 1 heterocycles. The Bertz CT molecular complexity index is 429. The number of para-hydroxylation sites is 1. The normalized spacial score (nSPS) is 22.4. The number of hydrogen-bond acceptors (Lipinski definition) is 3. The summed E-state index contributed by atoms with van der Waals surface area (Å²) in [6.45, 7) is 0. The Morgan fingerprint density at radius 1 is 1.11 bits per heavy atom. The fourth-order valence-corrected chi connectivity index (χ4v) is 4.21. The monoisotopic (exact) mass is 262 g/mol. The van der Waals surface area contributed by atoms with Crippen molar-refractivity contribution in [2.24, 2.45) is 0 Å². The molecule has 1 saturated heterocycles. The van der Waals surface area contributed by atoms with Crippen molar-refractivity contribution >= 4 is 23.4 Å². The van der Waals surface area contributed by atoms with Crippen molar-refractivity contribution in [3.8, 4) is 0 Å². The van der Waals surface area contributed by atoms with Crippen LogP contribution in [0.15, 0.2) is 30.3 Å². The minimum Gasteiger partial charge on any atom is -0.295 e. The quantitative estimate of drug-likeness (QED) is 0.888. The van der Waals surface area contributed by atoms with Crippen LogP contribution in [0.1, 0.15) is 32.1 Å². The summed E-state index contributed by atoms with van der Waals surface area (Å²) in [5.74, 6) is 0.825. The molecule has 4 heteroatoms. The van der Waals surface area contributed by atoms with Crippen LogP contribution in [0.4, 0.5) is 5.69 Å². The molecule has 1 aromatic carbocycles. The van der Waals surface area contributed by atoms with Crippen LogP contribution in [-0.4, -0.2) is 21.5 Å². The largest absolute Gasteiger partial charge is 0.295 e. The summed E-state index contributed by atoms with van der Waals surface area (Å²) in [7, 11) is 0. The van der Waals surface area contributed by atoms with E-state index in [1.807, 2.05) is 47.1 Å². The lowest BCUT2D eigenvalue weighted by Crippen LogP contribution is -2.48. The highest BCUT2D eigenvalue weighted by atomic mass is 32.2. The van der Waals surface area contributed by atoms with E-state index >= 15 is 0 Å². The number of carbonyl (C=O) groups is 1. The second kappa shape index (κ2) is 4.84. The van der Waals surface area contributed by atoms with E-state index in [1.54, 1.807) is 0 Å². The van der Waals surface area contributed by atoms with E-state index in [9.17, 15) is 4.79 Å². The predicted octanol–water partition coefficient (Wildman–Crippen LogP) is 3.25. The molecule has 96 valence electrons. The lowest BCUT2D eigenvalue weighted by molar-refractivity contribution is -0.129. The highest BCUT2D eigenvalue weighted by Gasteiger charge is 2.47. The van der Waals surface area contributed by atoms with Crippen molar-refractivity contribution in [3.05, 3.63) is 30.3 Å². The molecular weight excluding hydrogens is 244 g/mol. The van der Waals surface area contributed by atoms with Gasteiger partial charge in [-0.3, -0.25) is 10.2 Å². The molecule has 1 spiro atoms. The third-order valence-electron chi connectivity index (χ3n) is 3.77. The zero-order valence-electron chi connectivity index (χ0n) is 10.4. The number of amides is 1. The third-order valence-corrected chi connectivity index (χ3v) is 5.29. The van der Waals surface area contributed by atoms with E-state index < -0.39 is 0 Å². The van der Waals surface area contributed by atoms with Crippen molar-refractivity contribution in [1.29, 1.82) is 0 Å². The number of carbonyl (C=O) groups excluding carboxylic acids is 1. The summed E-state index contributed by atoms with van der Waals surface area (Å²) in [5, 5.41) is 1.90. The fourth-order valence-electron chi connectivity index (χ4n) is 2.83. The Morgan fingerprint density at radius 2 is 1.83 bits per heavy atom. The Balaban J connectivity index is 1.81. The van der Waals surface area contributed by atoms with E-state index in [2.05, 4.69) is 5.43 Å². The van der Waals surface area contributed by atoms with Crippen LogP contribution in [0.5, 0.6) is 0 Å². The number of nitrogens with zero attached hydrogens (tertiary/aromatic N) is 1. The fraction of sp³-hybridized carbons (Fsp3) is 0.500. The van der Waals surface area contributed by atoms with Gasteiger partial charge in [0, 0.05) is 0 Å². The number of nitrogens with one attached hydrogen (secondary N) is 1. The lowest BCUT2D eigenvalue weighted by atomic mass is 9.94. The van der Waals surface area contributed by atoms with Crippen LogP contribution in [0.3, 0.4) is 0 Å². The number of thioether (sulfide) groups is 1. The average Bonchev–Trinajstić information content (AvgIpc) is 2.71. The smallest absolute Gasteiger partial charge is 0.252 e. The van der Waals surface area contributed by atoms with Crippen LogP contribution >= 0.6 is 11.8 Å². The molecule has 0 atom stereocenters. The molecule has 2 fully saturated rings. The van der Waals surface area contributed by atoms with Crippen molar-refractivity contribution in [3.63, 3.8) is 0 Å². The summed E-state index contributed by atoms with van der Waals surface area (Å²) in [6.07, 6.45) is 5.99. The number of hydrogen-bond donors (Lipinski definition) is 1. The minimum absolute atomic E-state index is 0.00513. The zero-order valence-corrected chi connectivity index (χ0v) is 11.2. The molecule has 0 aromatic heterocycles. The van der Waals surface area contributed by atoms with Crippen LogP contribution < -0.4 is 5.43 Å². The first-order valence-electron chi connectivity index (χ1n) is 6.59. The Labute approximate surface area is 112 Å². The maximum atomic E-state index is 12.1. The first-order valence-corrected chi connectivity index (χ1v) is 7.57. The zero-order chi connectivity index (χ0) is 12.4. The molecule has 0 unspecified atom stereocenters. The third kappa shape index (κ3) is 2.09. The van der Waals surface area contributed by atoms with E-state index in [1.165, 1.54) is 19.3 Å². The summed E-state index contributed by atoms with van der Waals surface area (Å²) >= 11 is 1.81. The molecule has 0 radical (unpaired) electrons. The maximum absolute atomic E-state index is 12.1. The Morgan fingerprint density at radius 3 is 2.56 bits per heavy atom. The Hall–Kier alpha value is -1.16. The second-order valence-electron chi connectivity index (χ2n) is 5.00. The van der Waals surface area contributed by atoms with Crippen LogP contribution in [0.25, 0.3) is 0 Å². The molecule has 18 heavy (non-hydrogen) atoms. The van der Waals surface area contributed by atoms with Crippen LogP contribution in [-0.2, 0) is 4.79 Å².